The summed E-state index contributed by atoms with van der Waals surface area (Å²) in [6.07, 6.45) is -1.59. The van der Waals surface area contributed by atoms with Gasteiger partial charge in [-0.05, 0) is 41.1 Å². The molecular weight excluding hydrogens is 436 g/mol. The Morgan fingerprint density at radius 1 is 1.21 bits per heavy atom. The Balaban J connectivity index is 1.56. The van der Waals surface area contributed by atoms with Gasteiger partial charge in [-0.15, -0.1) is 0 Å². The zero-order valence-corrected chi connectivity index (χ0v) is 16.2. The molecule has 9 nitrogen and oxygen atoms in total. The minimum atomic E-state index is -1.01. The lowest BCUT2D eigenvalue weighted by molar-refractivity contribution is -0.384. The summed E-state index contributed by atoms with van der Waals surface area (Å²) in [5.41, 5.74) is 0.186. The van der Waals surface area contributed by atoms with Gasteiger partial charge in [-0.3, -0.25) is 14.9 Å². The maximum absolute atomic E-state index is 12.3. The number of hydrogen-bond donors (Lipinski definition) is 1. The largest absolute Gasteiger partial charge is 0.482 e. The second-order valence-corrected chi connectivity index (χ2v) is 6.74. The van der Waals surface area contributed by atoms with Crippen molar-refractivity contribution in [2.45, 2.75) is 19.1 Å². The molecule has 10 heteroatoms. The average molecular weight is 451 g/mol. The number of carbonyl (C=O) groups excluding carboxylic acids is 2. The van der Waals surface area contributed by atoms with E-state index in [0.717, 1.165) is 0 Å². The molecule has 0 saturated carbocycles. The summed E-state index contributed by atoms with van der Waals surface area (Å²) in [6.45, 7) is 1.12. The smallest absolute Gasteiger partial charge is 0.351 e. The zero-order valence-electron chi connectivity index (χ0n) is 14.6. The predicted octanol–water partition coefficient (Wildman–Crippen LogP) is 3.07. The van der Waals surface area contributed by atoms with E-state index < -0.39 is 35.6 Å². The summed E-state index contributed by atoms with van der Waals surface area (Å²) in [5, 5.41) is 13.2. The van der Waals surface area contributed by atoms with Crippen LogP contribution in [0.3, 0.4) is 0 Å². The number of nitro groups is 1. The van der Waals surface area contributed by atoms with E-state index in [1.807, 2.05) is 0 Å². The van der Waals surface area contributed by atoms with Crippen molar-refractivity contribution in [2.75, 3.05) is 11.9 Å². The molecule has 0 saturated heterocycles. The van der Waals surface area contributed by atoms with Gasteiger partial charge in [0.2, 0.25) is 6.10 Å². The molecule has 0 aromatic heterocycles. The Morgan fingerprint density at radius 2 is 1.89 bits per heavy atom. The molecule has 1 aliphatic rings. The number of hydrogen-bond acceptors (Lipinski definition) is 7. The van der Waals surface area contributed by atoms with Crippen molar-refractivity contribution in [3.05, 3.63) is 57.1 Å². The highest BCUT2D eigenvalue weighted by atomic mass is 79.9. The fourth-order valence-electron chi connectivity index (χ4n) is 2.50. The van der Waals surface area contributed by atoms with Crippen molar-refractivity contribution in [2.24, 2.45) is 0 Å². The van der Waals surface area contributed by atoms with Gasteiger partial charge in [0.05, 0.1) is 10.6 Å². The molecule has 0 fully saturated rings. The maximum atomic E-state index is 12.3. The number of benzene rings is 2. The van der Waals surface area contributed by atoms with Gasteiger partial charge in [-0.2, -0.15) is 0 Å². The Labute approximate surface area is 167 Å². The van der Waals surface area contributed by atoms with E-state index in [1.54, 1.807) is 31.2 Å². The molecule has 2 unspecified atom stereocenters. The molecule has 2 aromatic carbocycles. The fourth-order valence-corrected chi connectivity index (χ4v) is 2.97. The summed E-state index contributed by atoms with van der Waals surface area (Å²) in [4.78, 5) is 34.5. The zero-order chi connectivity index (χ0) is 20.3. The standard InChI is InChI=1S/C18H15BrN2O7/c1-10-17(28-15-5-3-2-4-14(15)27-10)18(23)26-9-16(22)20-13-7-6-11(21(24)25)8-12(13)19/h2-8,10,17H,9H2,1H3,(H,20,22). The van der Waals surface area contributed by atoms with Crippen LogP contribution in [-0.4, -0.2) is 35.6 Å². The van der Waals surface area contributed by atoms with Gasteiger partial charge in [0.15, 0.2) is 18.1 Å². The molecule has 1 N–H and O–H groups in total. The molecule has 1 aliphatic heterocycles. The van der Waals surface area contributed by atoms with Gasteiger partial charge in [0, 0.05) is 16.6 Å². The molecule has 0 radical (unpaired) electrons. The van der Waals surface area contributed by atoms with Crippen LogP contribution in [0.25, 0.3) is 0 Å². The summed E-state index contributed by atoms with van der Waals surface area (Å²) in [7, 11) is 0. The lowest BCUT2D eigenvalue weighted by Crippen LogP contribution is -2.45. The summed E-state index contributed by atoms with van der Waals surface area (Å²) in [6, 6.07) is 10.8. The maximum Gasteiger partial charge on any atom is 0.351 e. The van der Waals surface area contributed by atoms with E-state index >= 15 is 0 Å². The summed E-state index contributed by atoms with van der Waals surface area (Å²) >= 11 is 3.15. The van der Waals surface area contributed by atoms with Crippen molar-refractivity contribution in [1.82, 2.24) is 0 Å². The number of rotatable bonds is 5. The fraction of sp³-hybridized carbons (Fsp3) is 0.222. The number of para-hydroxylation sites is 2. The Morgan fingerprint density at radius 3 is 2.54 bits per heavy atom. The molecule has 2 atom stereocenters. The van der Waals surface area contributed by atoms with Crippen LogP contribution in [0.15, 0.2) is 46.9 Å². The van der Waals surface area contributed by atoms with Gasteiger partial charge in [0.25, 0.3) is 11.6 Å². The predicted molar refractivity (Wildman–Crippen MR) is 101 cm³/mol. The number of ether oxygens (including phenoxy) is 3. The van der Waals surface area contributed by atoms with Crippen LogP contribution in [-0.2, 0) is 14.3 Å². The number of nitro benzene ring substituents is 1. The Hall–Kier alpha value is -3.14. The number of nitrogens with one attached hydrogen (secondary N) is 1. The van der Waals surface area contributed by atoms with Crippen molar-refractivity contribution in [1.29, 1.82) is 0 Å². The van der Waals surface area contributed by atoms with Gasteiger partial charge in [0.1, 0.15) is 6.10 Å². The third-order valence-corrected chi connectivity index (χ3v) is 4.51. The van der Waals surface area contributed by atoms with Gasteiger partial charge in [-0.1, -0.05) is 12.1 Å². The molecule has 146 valence electrons. The normalized spacial score (nSPS) is 17.5. The van der Waals surface area contributed by atoms with Crippen LogP contribution in [0.2, 0.25) is 0 Å². The van der Waals surface area contributed by atoms with E-state index in [4.69, 9.17) is 14.2 Å². The minimum Gasteiger partial charge on any atom is -0.482 e. The SMILES string of the molecule is CC1Oc2ccccc2OC1C(=O)OCC(=O)Nc1ccc([N+](=O)[O-])cc1Br. The lowest BCUT2D eigenvalue weighted by atomic mass is 10.2. The molecule has 3 rings (SSSR count). The van der Waals surface area contributed by atoms with Crippen molar-refractivity contribution in [3.8, 4) is 11.5 Å². The average Bonchev–Trinajstić information content (AvgIpc) is 2.67. The molecule has 0 spiro atoms. The van der Waals surface area contributed by atoms with Crippen molar-refractivity contribution in [3.63, 3.8) is 0 Å². The van der Waals surface area contributed by atoms with Crippen molar-refractivity contribution >= 4 is 39.2 Å². The Bertz CT molecular complexity index is 934. The highest BCUT2D eigenvalue weighted by Crippen LogP contribution is 2.33. The van der Waals surface area contributed by atoms with Crippen LogP contribution in [0.1, 0.15) is 6.92 Å². The summed E-state index contributed by atoms with van der Waals surface area (Å²) in [5.74, 6) is -0.394. The molecule has 0 bridgehead atoms. The lowest BCUT2D eigenvalue weighted by Gasteiger charge is -2.30. The quantitative estimate of drug-likeness (QED) is 0.422. The van der Waals surface area contributed by atoms with E-state index in [2.05, 4.69) is 21.2 Å². The molecule has 28 heavy (non-hydrogen) atoms. The monoisotopic (exact) mass is 450 g/mol. The summed E-state index contributed by atoms with van der Waals surface area (Å²) < 4.78 is 16.6. The highest BCUT2D eigenvalue weighted by Gasteiger charge is 2.35. The second-order valence-electron chi connectivity index (χ2n) is 5.89. The first-order valence-electron chi connectivity index (χ1n) is 8.18. The first kappa shape index (κ1) is 19.6. The van der Waals surface area contributed by atoms with Crippen LogP contribution in [0.5, 0.6) is 11.5 Å². The third-order valence-electron chi connectivity index (χ3n) is 3.86. The van der Waals surface area contributed by atoms with Crippen LogP contribution >= 0.6 is 15.9 Å². The third kappa shape index (κ3) is 4.39. The number of non-ortho nitro benzene ring substituents is 1. The first-order valence-corrected chi connectivity index (χ1v) is 8.97. The number of halogens is 1. The van der Waals surface area contributed by atoms with Crippen LogP contribution < -0.4 is 14.8 Å². The number of carbonyl (C=O) groups is 2. The van der Waals surface area contributed by atoms with Crippen LogP contribution in [0.4, 0.5) is 11.4 Å². The second kappa shape index (κ2) is 8.26. The number of fused-ring (bicyclic) bond motifs is 1. The molecule has 1 heterocycles. The molecular formula is C18H15BrN2O7. The van der Waals surface area contributed by atoms with E-state index in [9.17, 15) is 19.7 Å². The number of amides is 1. The van der Waals surface area contributed by atoms with E-state index in [-0.39, 0.29) is 5.69 Å². The minimum absolute atomic E-state index is 0.125. The first-order chi connectivity index (χ1) is 13.3. The number of nitrogens with zero attached hydrogens (tertiary/aromatic N) is 1. The van der Waals surface area contributed by atoms with Gasteiger partial charge < -0.3 is 19.5 Å². The molecule has 0 aliphatic carbocycles. The van der Waals surface area contributed by atoms with Gasteiger partial charge in [-0.25, -0.2) is 4.79 Å². The van der Waals surface area contributed by atoms with Crippen LogP contribution in [0, 0.1) is 10.1 Å². The van der Waals surface area contributed by atoms with Crippen molar-refractivity contribution < 1.29 is 28.7 Å². The number of esters is 1. The molecule has 2 aromatic rings. The van der Waals surface area contributed by atoms with E-state index in [0.29, 0.717) is 21.7 Å². The number of anilines is 1. The van der Waals surface area contributed by atoms with E-state index in [1.165, 1.54) is 18.2 Å². The van der Waals surface area contributed by atoms with Gasteiger partial charge >= 0.3 is 5.97 Å². The topological polar surface area (TPSA) is 117 Å². The molecule has 1 amide bonds. The highest BCUT2D eigenvalue weighted by molar-refractivity contribution is 9.10. The Kier molecular flexibility index (Phi) is 5.78.